The second-order valence-corrected chi connectivity index (χ2v) is 5.61. The third kappa shape index (κ3) is 3.22. The van der Waals surface area contributed by atoms with Crippen molar-refractivity contribution in [3.8, 4) is 5.75 Å². The number of benzene rings is 2. The smallest absolute Gasteiger partial charge is 0.124 e. The highest BCUT2D eigenvalue weighted by Gasteiger charge is 2.18. The Kier molecular flexibility index (Phi) is 5.21. The molecule has 0 aromatic heterocycles. The van der Waals surface area contributed by atoms with Gasteiger partial charge in [-0.1, -0.05) is 40.2 Å². The van der Waals surface area contributed by atoms with E-state index in [0.29, 0.717) is 6.61 Å². The maximum atomic E-state index is 5.76. The van der Waals surface area contributed by atoms with Crippen LogP contribution in [0.5, 0.6) is 5.75 Å². The van der Waals surface area contributed by atoms with Crippen molar-refractivity contribution >= 4 is 15.9 Å². The number of aryl methyl sites for hydroxylation is 1. The van der Waals surface area contributed by atoms with Crippen LogP contribution in [0.1, 0.15) is 29.7 Å². The molecule has 0 bridgehead atoms. The summed E-state index contributed by atoms with van der Waals surface area (Å²) >= 11 is 3.52. The minimum absolute atomic E-state index is 0.130. The van der Waals surface area contributed by atoms with Gasteiger partial charge in [0, 0.05) is 10.0 Å². The van der Waals surface area contributed by atoms with E-state index in [9.17, 15) is 0 Å². The fourth-order valence-corrected chi connectivity index (χ4v) is 2.92. The number of rotatable bonds is 5. The van der Waals surface area contributed by atoms with Crippen LogP contribution in [0.25, 0.3) is 0 Å². The van der Waals surface area contributed by atoms with E-state index < -0.39 is 0 Å². The summed E-state index contributed by atoms with van der Waals surface area (Å²) in [6, 6.07) is 14.7. The molecule has 1 N–H and O–H groups in total. The van der Waals surface area contributed by atoms with Gasteiger partial charge in [-0.05, 0) is 50.2 Å². The van der Waals surface area contributed by atoms with Gasteiger partial charge in [-0.25, -0.2) is 0 Å². The van der Waals surface area contributed by atoms with Gasteiger partial charge in [-0.15, -0.1) is 0 Å². The first-order chi connectivity index (χ1) is 9.67. The molecule has 2 rings (SSSR count). The molecule has 1 unspecified atom stereocenters. The fraction of sp³-hybridized carbons (Fsp3) is 0.294. The lowest BCUT2D eigenvalue weighted by Crippen LogP contribution is -2.19. The molecule has 0 amide bonds. The molecule has 0 saturated carbocycles. The summed E-state index contributed by atoms with van der Waals surface area (Å²) in [4.78, 5) is 0. The molecule has 2 nitrogen and oxygen atoms in total. The van der Waals surface area contributed by atoms with Crippen LogP contribution < -0.4 is 10.1 Å². The molecule has 3 heteroatoms. The van der Waals surface area contributed by atoms with E-state index >= 15 is 0 Å². The molecule has 0 radical (unpaired) electrons. The van der Waals surface area contributed by atoms with Gasteiger partial charge in [0.05, 0.1) is 12.6 Å². The fourth-order valence-electron chi connectivity index (χ4n) is 2.45. The number of hydrogen-bond donors (Lipinski definition) is 1. The minimum atomic E-state index is 0.130. The topological polar surface area (TPSA) is 21.3 Å². The SMILES string of the molecule is CCOc1ccccc1C(NC)c1ccc(Br)cc1C. The molecule has 106 valence electrons. The molecule has 0 fully saturated rings. The van der Waals surface area contributed by atoms with Crippen LogP contribution in [0.2, 0.25) is 0 Å². The van der Waals surface area contributed by atoms with E-state index in [0.717, 1.165) is 10.2 Å². The Labute approximate surface area is 129 Å². The average molecular weight is 334 g/mol. The largest absolute Gasteiger partial charge is 0.494 e. The molecule has 0 aliphatic rings. The van der Waals surface area contributed by atoms with Crippen molar-refractivity contribution in [1.82, 2.24) is 5.32 Å². The van der Waals surface area contributed by atoms with E-state index in [1.54, 1.807) is 0 Å². The van der Waals surface area contributed by atoms with Gasteiger partial charge in [-0.2, -0.15) is 0 Å². The first-order valence-electron chi connectivity index (χ1n) is 6.82. The van der Waals surface area contributed by atoms with Gasteiger partial charge in [-0.3, -0.25) is 0 Å². The van der Waals surface area contributed by atoms with Gasteiger partial charge in [0.25, 0.3) is 0 Å². The van der Waals surface area contributed by atoms with Crippen molar-refractivity contribution in [2.45, 2.75) is 19.9 Å². The van der Waals surface area contributed by atoms with E-state index in [-0.39, 0.29) is 6.04 Å². The standard InChI is InChI=1S/C17H20BrNO/c1-4-20-16-8-6-5-7-15(16)17(19-3)14-10-9-13(18)11-12(14)2/h5-11,17,19H,4H2,1-3H3. The Morgan fingerprint density at radius 2 is 1.90 bits per heavy atom. The summed E-state index contributed by atoms with van der Waals surface area (Å²) in [7, 11) is 1.98. The highest BCUT2D eigenvalue weighted by atomic mass is 79.9. The minimum Gasteiger partial charge on any atom is -0.494 e. The Hall–Kier alpha value is -1.32. The quantitative estimate of drug-likeness (QED) is 0.871. The maximum absolute atomic E-state index is 5.76. The number of halogens is 1. The molecule has 0 spiro atoms. The lowest BCUT2D eigenvalue weighted by atomic mass is 9.94. The molecular formula is C17H20BrNO. The molecule has 0 aliphatic carbocycles. The molecule has 0 aliphatic heterocycles. The Bertz CT molecular complexity index is 583. The van der Waals surface area contributed by atoms with Gasteiger partial charge < -0.3 is 10.1 Å². The molecule has 2 aromatic carbocycles. The van der Waals surface area contributed by atoms with Crippen LogP contribution in [0.15, 0.2) is 46.9 Å². The van der Waals surface area contributed by atoms with Gasteiger partial charge >= 0.3 is 0 Å². The number of ether oxygens (including phenoxy) is 1. The third-order valence-electron chi connectivity index (χ3n) is 3.36. The van der Waals surface area contributed by atoms with Crippen LogP contribution in [0, 0.1) is 6.92 Å². The highest BCUT2D eigenvalue weighted by molar-refractivity contribution is 9.10. The van der Waals surface area contributed by atoms with Crippen molar-refractivity contribution in [3.05, 3.63) is 63.6 Å². The first kappa shape index (κ1) is 15.1. The van der Waals surface area contributed by atoms with Crippen LogP contribution >= 0.6 is 15.9 Å². The predicted octanol–water partition coefficient (Wildman–Crippen LogP) is 4.47. The van der Waals surface area contributed by atoms with Crippen LogP contribution in [0.4, 0.5) is 0 Å². The van der Waals surface area contributed by atoms with Crippen molar-refractivity contribution in [2.75, 3.05) is 13.7 Å². The lowest BCUT2D eigenvalue weighted by Gasteiger charge is -2.22. The van der Waals surface area contributed by atoms with Crippen LogP contribution in [-0.2, 0) is 0 Å². The van der Waals surface area contributed by atoms with E-state index in [4.69, 9.17) is 4.74 Å². The zero-order valence-electron chi connectivity index (χ0n) is 12.1. The molecule has 20 heavy (non-hydrogen) atoms. The normalized spacial score (nSPS) is 12.2. The lowest BCUT2D eigenvalue weighted by molar-refractivity contribution is 0.334. The molecule has 0 heterocycles. The van der Waals surface area contributed by atoms with Crippen molar-refractivity contribution in [2.24, 2.45) is 0 Å². The number of nitrogens with one attached hydrogen (secondary N) is 1. The van der Waals surface area contributed by atoms with E-state index in [2.05, 4.69) is 58.5 Å². The van der Waals surface area contributed by atoms with Crippen molar-refractivity contribution in [1.29, 1.82) is 0 Å². The van der Waals surface area contributed by atoms with Gasteiger partial charge in [0.15, 0.2) is 0 Å². The van der Waals surface area contributed by atoms with Gasteiger partial charge in [0.2, 0.25) is 0 Å². The van der Waals surface area contributed by atoms with Gasteiger partial charge in [0.1, 0.15) is 5.75 Å². The highest BCUT2D eigenvalue weighted by Crippen LogP contribution is 2.32. The molecular weight excluding hydrogens is 314 g/mol. The van der Waals surface area contributed by atoms with E-state index in [1.165, 1.54) is 16.7 Å². The Morgan fingerprint density at radius 3 is 2.55 bits per heavy atom. The summed E-state index contributed by atoms with van der Waals surface area (Å²) in [5, 5.41) is 3.40. The van der Waals surface area contributed by atoms with Crippen molar-refractivity contribution < 1.29 is 4.74 Å². The van der Waals surface area contributed by atoms with Crippen molar-refractivity contribution in [3.63, 3.8) is 0 Å². The average Bonchev–Trinajstić information content (AvgIpc) is 2.44. The number of para-hydroxylation sites is 1. The van der Waals surface area contributed by atoms with Crippen LogP contribution in [0.3, 0.4) is 0 Å². The monoisotopic (exact) mass is 333 g/mol. The summed E-state index contributed by atoms with van der Waals surface area (Å²) in [6.07, 6.45) is 0. The maximum Gasteiger partial charge on any atom is 0.124 e. The molecule has 2 aromatic rings. The van der Waals surface area contributed by atoms with E-state index in [1.807, 2.05) is 26.1 Å². The predicted molar refractivity (Wildman–Crippen MR) is 87.4 cm³/mol. The summed E-state index contributed by atoms with van der Waals surface area (Å²) in [5.41, 5.74) is 3.69. The zero-order chi connectivity index (χ0) is 14.5. The zero-order valence-corrected chi connectivity index (χ0v) is 13.7. The molecule has 1 atom stereocenters. The summed E-state index contributed by atoms with van der Waals surface area (Å²) in [6.45, 7) is 4.82. The summed E-state index contributed by atoms with van der Waals surface area (Å²) in [5.74, 6) is 0.941. The van der Waals surface area contributed by atoms with Crippen LogP contribution in [-0.4, -0.2) is 13.7 Å². The first-order valence-corrected chi connectivity index (χ1v) is 7.61. The number of hydrogen-bond acceptors (Lipinski definition) is 2. The molecule has 0 saturated heterocycles. The Balaban J connectivity index is 2.47. The third-order valence-corrected chi connectivity index (χ3v) is 3.85. The Morgan fingerprint density at radius 1 is 1.15 bits per heavy atom. The second kappa shape index (κ2) is 6.91. The summed E-state index contributed by atoms with van der Waals surface area (Å²) < 4.78 is 6.86. The second-order valence-electron chi connectivity index (χ2n) is 4.69.